The second-order valence-corrected chi connectivity index (χ2v) is 6.25. The molecule has 0 spiro atoms. The molecule has 20 heavy (non-hydrogen) atoms. The van der Waals surface area contributed by atoms with Gasteiger partial charge >= 0.3 is 6.03 Å². The van der Waals surface area contributed by atoms with Crippen molar-refractivity contribution in [2.24, 2.45) is 0 Å². The first-order valence-electron chi connectivity index (χ1n) is 6.37. The summed E-state index contributed by atoms with van der Waals surface area (Å²) >= 11 is 7.72. The highest BCUT2D eigenvalue weighted by atomic mass is 35.5. The number of thioether (sulfide) groups is 1. The second-order valence-electron chi connectivity index (χ2n) is 4.94. The van der Waals surface area contributed by atoms with Crippen molar-refractivity contribution in [1.29, 1.82) is 0 Å². The fourth-order valence-corrected chi connectivity index (χ4v) is 2.73. The fourth-order valence-electron chi connectivity index (χ4n) is 1.81. The van der Waals surface area contributed by atoms with Crippen LogP contribution >= 0.6 is 23.4 Å². The lowest BCUT2D eigenvalue weighted by molar-refractivity contribution is 0.0594. The van der Waals surface area contributed by atoms with Gasteiger partial charge in [-0.3, -0.25) is 0 Å². The molecule has 0 saturated carbocycles. The Morgan fingerprint density at radius 3 is 2.75 bits per heavy atom. The van der Waals surface area contributed by atoms with Crippen LogP contribution in [-0.4, -0.2) is 35.7 Å². The Kier molecular flexibility index (Phi) is 6.65. The molecule has 0 aliphatic rings. The molecule has 2 amide bonds. The molecular weight excluding hydrogens is 296 g/mol. The van der Waals surface area contributed by atoms with Crippen LogP contribution in [0.3, 0.4) is 0 Å². The SMILES string of the molecule is CSCC(C)NC(=O)NCC(C)(O)c1ccccc1Cl. The molecule has 0 aliphatic heterocycles. The van der Waals surface area contributed by atoms with Gasteiger partial charge in [0.15, 0.2) is 0 Å². The van der Waals surface area contributed by atoms with E-state index >= 15 is 0 Å². The molecule has 1 aromatic carbocycles. The van der Waals surface area contributed by atoms with E-state index in [-0.39, 0.29) is 18.6 Å². The topological polar surface area (TPSA) is 61.4 Å². The summed E-state index contributed by atoms with van der Waals surface area (Å²) in [7, 11) is 0. The van der Waals surface area contributed by atoms with Crippen molar-refractivity contribution in [3.8, 4) is 0 Å². The maximum atomic E-state index is 11.7. The van der Waals surface area contributed by atoms with E-state index in [4.69, 9.17) is 11.6 Å². The van der Waals surface area contributed by atoms with E-state index in [1.165, 1.54) is 0 Å². The van der Waals surface area contributed by atoms with Crippen LogP contribution in [0.5, 0.6) is 0 Å². The highest BCUT2D eigenvalue weighted by Gasteiger charge is 2.26. The number of benzene rings is 1. The van der Waals surface area contributed by atoms with Crippen LogP contribution in [0.1, 0.15) is 19.4 Å². The van der Waals surface area contributed by atoms with Crippen LogP contribution in [-0.2, 0) is 5.60 Å². The molecule has 1 rings (SSSR count). The number of amides is 2. The van der Waals surface area contributed by atoms with Crippen molar-refractivity contribution < 1.29 is 9.90 Å². The van der Waals surface area contributed by atoms with Crippen LogP contribution in [0.15, 0.2) is 24.3 Å². The lowest BCUT2D eigenvalue weighted by atomic mass is 9.96. The number of nitrogens with one attached hydrogen (secondary N) is 2. The Hall–Kier alpha value is -0.910. The summed E-state index contributed by atoms with van der Waals surface area (Å²) < 4.78 is 0. The summed E-state index contributed by atoms with van der Waals surface area (Å²) in [5.74, 6) is 0.842. The second kappa shape index (κ2) is 7.76. The lowest BCUT2D eigenvalue weighted by Gasteiger charge is -2.25. The zero-order valence-electron chi connectivity index (χ0n) is 11.9. The summed E-state index contributed by atoms with van der Waals surface area (Å²) in [5, 5.41) is 16.4. The predicted octanol–water partition coefficient (Wildman–Crippen LogP) is 2.60. The van der Waals surface area contributed by atoms with E-state index < -0.39 is 5.60 Å². The summed E-state index contributed by atoms with van der Waals surface area (Å²) in [6.45, 7) is 3.65. The van der Waals surface area contributed by atoms with Crippen molar-refractivity contribution in [3.05, 3.63) is 34.9 Å². The molecule has 4 nitrogen and oxygen atoms in total. The van der Waals surface area contributed by atoms with E-state index in [2.05, 4.69) is 10.6 Å². The van der Waals surface area contributed by atoms with Crippen molar-refractivity contribution in [2.75, 3.05) is 18.6 Å². The number of hydrogen-bond donors (Lipinski definition) is 3. The molecular formula is C14H21ClN2O2S. The van der Waals surface area contributed by atoms with Crippen molar-refractivity contribution in [2.45, 2.75) is 25.5 Å². The van der Waals surface area contributed by atoms with Crippen LogP contribution in [0.2, 0.25) is 5.02 Å². The summed E-state index contributed by atoms with van der Waals surface area (Å²) in [5.41, 5.74) is -0.613. The molecule has 2 unspecified atom stereocenters. The van der Waals surface area contributed by atoms with Crippen LogP contribution in [0.4, 0.5) is 4.79 Å². The minimum Gasteiger partial charge on any atom is -0.384 e. The monoisotopic (exact) mass is 316 g/mol. The third-order valence-electron chi connectivity index (χ3n) is 2.84. The number of urea groups is 1. The molecule has 3 N–H and O–H groups in total. The molecule has 0 bridgehead atoms. The Bertz CT molecular complexity index is 455. The summed E-state index contributed by atoms with van der Waals surface area (Å²) in [6, 6.07) is 6.85. The number of hydrogen-bond acceptors (Lipinski definition) is 3. The van der Waals surface area contributed by atoms with Gasteiger partial charge in [0.1, 0.15) is 5.60 Å². The van der Waals surface area contributed by atoms with Gasteiger partial charge in [0.2, 0.25) is 0 Å². The Morgan fingerprint density at radius 2 is 2.15 bits per heavy atom. The highest BCUT2D eigenvalue weighted by Crippen LogP contribution is 2.27. The van der Waals surface area contributed by atoms with Crippen molar-refractivity contribution in [1.82, 2.24) is 10.6 Å². The minimum absolute atomic E-state index is 0.0789. The van der Waals surface area contributed by atoms with Gasteiger partial charge in [-0.2, -0.15) is 11.8 Å². The first kappa shape index (κ1) is 17.1. The number of carbonyl (C=O) groups excluding carboxylic acids is 1. The Morgan fingerprint density at radius 1 is 1.50 bits per heavy atom. The first-order valence-corrected chi connectivity index (χ1v) is 8.14. The van der Waals surface area contributed by atoms with Gasteiger partial charge in [0.25, 0.3) is 0 Å². The number of rotatable bonds is 6. The largest absolute Gasteiger partial charge is 0.384 e. The van der Waals surface area contributed by atoms with Gasteiger partial charge in [-0.15, -0.1) is 0 Å². The van der Waals surface area contributed by atoms with Crippen LogP contribution in [0.25, 0.3) is 0 Å². The molecule has 0 heterocycles. The maximum absolute atomic E-state index is 11.7. The van der Waals surface area contributed by atoms with Gasteiger partial charge < -0.3 is 15.7 Å². The van der Waals surface area contributed by atoms with E-state index in [1.807, 2.05) is 13.2 Å². The average Bonchev–Trinajstić information content (AvgIpc) is 2.37. The number of carbonyl (C=O) groups is 1. The number of halogens is 1. The Balaban J connectivity index is 2.55. The van der Waals surface area contributed by atoms with E-state index in [0.717, 1.165) is 5.75 Å². The molecule has 0 aliphatic carbocycles. The predicted molar refractivity (Wildman–Crippen MR) is 85.4 cm³/mol. The first-order chi connectivity index (χ1) is 9.36. The third kappa shape index (κ3) is 5.23. The fraction of sp³-hybridized carbons (Fsp3) is 0.500. The number of aliphatic hydroxyl groups is 1. The van der Waals surface area contributed by atoms with Gasteiger partial charge in [0, 0.05) is 22.4 Å². The highest BCUT2D eigenvalue weighted by molar-refractivity contribution is 7.98. The standard InChI is InChI=1S/C14H21ClN2O2S/c1-10(8-20-3)17-13(18)16-9-14(2,19)11-6-4-5-7-12(11)15/h4-7,10,19H,8-9H2,1-3H3,(H2,16,17,18). The average molecular weight is 317 g/mol. The quantitative estimate of drug-likeness (QED) is 0.756. The zero-order valence-corrected chi connectivity index (χ0v) is 13.5. The van der Waals surface area contributed by atoms with Crippen molar-refractivity contribution in [3.63, 3.8) is 0 Å². The van der Waals surface area contributed by atoms with E-state index in [1.54, 1.807) is 43.0 Å². The molecule has 6 heteroatoms. The summed E-state index contributed by atoms with van der Waals surface area (Å²) in [4.78, 5) is 11.7. The smallest absolute Gasteiger partial charge is 0.315 e. The lowest BCUT2D eigenvalue weighted by Crippen LogP contribution is -2.46. The molecule has 0 aromatic heterocycles. The van der Waals surface area contributed by atoms with Crippen LogP contribution < -0.4 is 10.6 Å². The maximum Gasteiger partial charge on any atom is 0.315 e. The van der Waals surface area contributed by atoms with E-state index in [9.17, 15) is 9.90 Å². The summed E-state index contributed by atoms with van der Waals surface area (Å²) in [6.07, 6.45) is 1.98. The molecule has 2 atom stereocenters. The van der Waals surface area contributed by atoms with E-state index in [0.29, 0.717) is 10.6 Å². The minimum atomic E-state index is -1.21. The van der Waals surface area contributed by atoms with Gasteiger partial charge in [-0.05, 0) is 26.2 Å². The molecule has 112 valence electrons. The van der Waals surface area contributed by atoms with Crippen molar-refractivity contribution >= 4 is 29.4 Å². The van der Waals surface area contributed by atoms with Gasteiger partial charge in [-0.25, -0.2) is 4.79 Å². The van der Waals surface area contributed by atoms with Gasteiger partial charge in [-0.1, -0.05) is 29.8 Å². The third-order valence-corrected chi connectivity index (χ3v) is 4.00. The Labute approximate surface area is 129 Å². The molecule has 0 radical (unpaired) electrons. The zero-order chi connectivity index (χ0) is 15.2. The normalized spacial score (nSPS) is 15.2. The van der Waals surface area contributed by atoms with Gasteiger partial charge in [0.05, 0.1) is 6.54 Å². The molecule has 0 saturated heterocycles. The molecule has 1 aromatic rings. The van der Waals surface area contributed by atoms with Crippen LogP contribution in [0, 0.1) is 0 Å². The molecule has 0 fully saturated rings.